The summed E-state index contributed by atoms with van der Waals surface area (Å²) in [5.74, 6) is -4.02. The number of hydrogen-bond donors (Lipinski definition) is 3. The summed E-state index contributed by atoms with van der Waals surface area (Å²) in [5, 5.41) is 7.07. The summed E-state index contributed by atoms with van der Waals surface area (Å²) in [6.45, 7) is 1.41. The maximum absolute atomic E-state index is 14.7. The van der Waals surface area contributed by atoms with Crippen molar-refractivity contribution in [2.24, 2.45) is 0 Å². The summed E-state index contributed by atoms with van der Waals surface area (Å²) in [6, 6.07) is 13.5. The molecule has 1 aliphatic heterocycles. The van der Waals surface area contributed by atoms with Crippen LogP contribution in [0.3, 0.4) is 0 Å². The molecule has 0 saturated heterocycles. The number of carbonyl (C=O) groups is 3. The van der Waals surface area contributed by atoms with Crippen LogP contribution < -0.4 is 16.0 Å². The van der Waals surface area contributed by atoms with Crippen molar-refractivity contribution in [1.82, 2.24) is 10.6 Å². The molecule has 0 spiro atoms. The number of rotatable bonds is 6. The van der Waals surface area contributed by atoms with Crippen molar-refractivity contribution in [3.63, 3.8) is 0 Å². The maximum Gasteiger partial charge on any atom is 0.248 e. The highest BCUT2D eigenvalue weighted by molar-refractivity contribution is 7.99. The molecule has 3 amide bonds. The van der Waals surface area contributed by atoms with Gasteiger partial charge in [-0.2, -0.15) is 0 Å². The molecule has 0 saturated carbocycles. The SMILES string of the molecule is C[C@H](NC(=O)Cc1cc(F)cc(F)c1)C(=O)NC1C(=O)Nc2ccccc2SC1c1ccccc1F. The quantitative estimate of drug-likeness (QED) is 0.463. The molecular weight excluding hydrogens is 491 g/mol. The Bertz CT molecular complexity index is 1300. The third-order valence-corrected chi connectivity index (χ3v) is 6.94. The van der Waals surface area contributed by atoms with Gasteiger partial charge >= 0.3 is 0 Å². The van der Waals surface area contributed by atoms with Gasteiger partial charge < -0.3 is 16.0 Å². The van der Waals surface area contributed by atoms with Gasteiger partial charge in [0, 0.05) is 16.5 Å². The molecule has 3 aromatic carbocycles. The zero-order chi connectivity index (χ0) is 25.8. The number of nitrogens with one attached hydrogen (secondary N) is 3. The van der Waals surface area contributed by atoms with Crippen LogP contribution in [0, 0.1) is 17.5 Å². The lowest BCUT2D eigenvalue weighted by atomic mass is 10.0. The highest BCUT2D eigenvalue weighted by Gasteiger charge is 2.37. The number of hydrogen-bond acceptors (Lipinski definition) is 4. The van der Waals surface area contributed by atoms with Crippen molar-refractivity contribution >= 4 is 35.2 Å². The largest absolute Gasteiger partial charge is 0.344 e. The number of thioether (sulfide) groups is 1. The minimum absolute atomic E-state index is 0.106. The predicted molar refractivity (Wildman–Crippen MR) is 130 cm³/mol. The van der Waals surface area contributed by atoms with Crippen LogP contribution >= 0.6 is 11.8 Å². The lowest BCUT2D eigenvalue weighted by molar-refractivity contribution is -0.130. The molecule has 0 radical (unpaired) electrons. The highest BCUT2D eigenvalue weighted by Crippen LogP contribution is 2.44. The summed E-state index contributed by atoms with van der Waals surface area (Å²) in [5.41, 5.74) is 0.883. The Labute approximate surface area is 209 Å². The van der Waals surface area contributed by atoms with Crippen LogP contribution in [0.4, 0.5) is 18.9 Å². The number of carbonyl (C=O) groups excluding carboxylic acids is 3. The van der Waals surface area contributed by atoms with Gasteiger partial charge in [-0.05, 0) is 42.8 Å². The third kappa shape index (κ3) is 5.88. The summed E-state index contributed by atoms with van der Waals surface area (Å²) >= 11 is 1.23. The fraction of sp³-hybridized carbons (Fsp3) is 0.192. The molecule has 0 bridgehead atoms. The normalized spacial score (nSPS) is 17.8. The molecule has 3 N–H and O–H groups in total. The summed E-state index contributed by atoms with van der Waals surface area (Å²) in [7, 11) is 0. The first-order valence-electron chi connectivity index (χ1n) is 11.1. The molecular formula is C26H22F3N3O3S. The van der Waals surface area contributed by atoms with Gasteiger partial charge in [-0.25, -0.2) is 13.2 Å². The predicted octanol–water partition coefficient (Wildman–Crippen LogP) is 4.12. The molecule has 3 atom stereocenters. The van der Waals surface area contributed by atoms with Crippen LogP contribution in [0.1, 0.15) is 23.3 Å². The number of amides is 3. The third-order valence-electron chi connectivity index (χ3n) is 5.55. The summed E-state index contributed by atoms with van der Waals surface area (Å²) < 4.78 is 41.5. The maximum atomic E-state index is 14.7. The van der Waals surface area contributed by atoms with Gasteiger partial charge in [-0.15, -0.1) is 11.8 Å². The Morgan fingerprint density at radius 1 is 1.00 bits per heavy atom. The second kappa shape index (κ2) is 10.9. The second-order valence-electron chi connectivity index (χ2n) is 8.28. The van der Waals surface area contributed by atoms with Gasteiger partial charge in [-0.1, -0.05) is 30.3 Å². The first-order valence-corrected chi connectivity index (χ1v) is 11.9. The van der Waals surface area contributed by atoms with Crippen LogP contribution in [0.2, 0.25) is 0 Å². The topological polar surface area (TPSA) is 87.3 Å². The Balaban J connectivity index is 1.51. The lowest BCUT2D eigenvalue weighted by Crippen LogP contribution is -2.53. The van der Waals surface area contributed by atoms with E-state index in [-0.39, 0.29) is 17.5 Å². The number of para-hydroxylation sites is 1. The van der Waals surface area contributed by atoms with E-state index in [0.717, 1.165) is 12.1 Å². The van der Waals surface area contributed by atoms with Crippen LogP contribution in [0.15, 0.2) is 71.6 Å². The average molecular weight is 514 g/mol. The molecule has 10 heteroatoms. The van der Waals surface area contributed by atoms with E-state index in [1.165, 1.54) is 30.8 Å². The van der Waals surface area contributed by atoms with Crippen molar-refractivity contribution in [3.8, 4) is 0 Å². The van der Waals surface area contributed by atoms with Crippen molar-refractivity contribution in [3.05, 3.63) is 95.3 Å². The van der Waals surface area contributed by atoms with Crippen molar-refractivity contribution in [1.29, 1.82) is 0 Å². The Morgan fingerprint density at radius 2 is 1.67 bits per heavy atom. The van der Waals surface area contributed by atoms with E-state index in [1.807, 2.05) is 0 Å². The summed E-state index contributed by atoms with van der Waals surface area (Å²) in [4.78, 5) is 39.2. The highest BCUT2D eigenvalue weighted by atomic mass is 32.2. The van der Waals surface area contributed by atoms with Gasteiger partial charge in [0.05, 0.1) is 17.4 Å². The van der Waals surface area contributed by atoms with Crippen molar-refractivity contribution < 1.29 is 27.6 Å². The van der Waals surface area contributed by atoms with E-state index in [4.69, 9.17) is 0 Å². The number of halogens is 3. The van der Waals surface area contributed by atoms with Gasteiger partial charge in [0.1, 0.15) is 29.5 Å². The first-order chi connectivity index (χ1) is 17.2. The van der Waals surface area contributed by atoms with E-state index in [9.17, 15) is 27.6 Å². The number of anilines is 1. The van der Waals surface area contributed by atoms with Crippen molar-refractivity contribution in [2.75, 3.05) is 5.32 Å². The second-order valence-corrected chi connectivity index (χ2v) is 9.46. The summed E-state index contributed by atoms with van der Waals surface area (Å²) in [6.07, 6.45) is -0.348. The molecule has 2 unspecified atom stereocenters. The molecule has 3 aromatic rings. The fourth-order valence-electron chi connectivity index (χ4n) is 3.85. The van der Waals surface area contributed by atoms with E-state index in [1.54, 1.807) is 36.4 Å². The molecule has 1 heterocycles. The van der Waals surface area contributed by atoms with Crippen LogP contribution in [-0.2, 0) is 20.8 Å². The molecule has 4 rings (SSSR count). The zero-order valence-corrected chi connectivity index (χ0v) is 19.9. The Morgan fingerprint density at radius 3 is 2.39 bits per heavy atom. The molecule has 6 nitrogen and oxygen atoms in total. The molecule has 0 fully saturated rings. The molecule has 186 valence electrons. The Hall–Kier alpha value is -3.79. The van der Waals surface area contributed by atoms with E-state index < -0.39 is 52.5 Å². The Kier molecular flexibility index (Phi) is 7.64. The average Bonchev–Trinajstić information content (AvgIpc) is 2.94. The number of fused-ring (bicyclic) bond motifs is 1. The smallest absolute Gasteiger partial charge is 0.248 e. The number of benzene rings is 3. The van der Waals surface area contributed by atoms with E-state index in [0.29, 0.717) is 16.6 Å². The minimum atomic E-state index is -1.16. The van der Waals surface area contributed by atoms with Gasteiger partial charge in [0.2, 0.25) is 17.7 Å². The monoisotopic (exact) mass is 513 g/mol. The van der Waals surface area contributed by atoms with Gasteiger partial charge in [0.25, 0.3) is 0 Å². The van der Waals surface area contributed by atoms with Crippen molar-refractivity contribution in [2.45, 2.75) is 35.6 Å². The van der Waals surface area contributed by atoms with Crippen LogP contribution in [0.5, 0.6) is 0 Å². The standard InChI is InChI=1S/C26H22F3N3O3S/c1-14(30-22(33)12-15-10-16(27)13-17(28)11-15)25(34)32-23-24(18-6-2-3-7-19(18)29)36-21-9-5-4-8-20(21)31-26(23)35/h2-11,13-14,23-24H,12H2,1H3,(H,30,33)(H,31,35)(H,32,34)/t14-,23?,24?/m0/s1. The van der Waals surface area contributed by atoms with E-state index in [2.05, 4.69) is 16.0 Å². The lowest BCUT2D eigenvalue weighted by Gasteiger charge is -2.26. The van der Waals surface area contributed by atoms with Gasteiger partial charge in [0.15, 0.2) is 0 Å². The minimum Gasteiger partial charge on any atom is -0.344 e. The molecule has 1 aliphatic rings. The first kappa shape index (κ1) is 25.3. The van der Waals surface area contributed by atoms with E-state index >= 15 is 0 Å². The zero-order valence-electron chi connectivity index (χ0n) is 19.1. The van der Waals surface area contributed by atoms with Gasteiger partial charge in [-0.3, -0.25) is 14.4 Å². The van der Waals surface area contributed by atoms with Crippen LogP contribution in [-0.4, -0.2) is 29.8 Å². The molecule has 0 aromatic heterocycles. The van der Waals surface area contributed by atoms with Crippen LogP contribution in [0.25, 0.3) is 0 Å². The molecule has 0 aliphatic carbocycles. The molecule has 36 heavy (non-hydrogen) atoms. The fourth-order valence-corrected chi connectivity index (χ4v) is 5.17.